The molecule has 1 atom stereocenters. The molecule has 1 aromatic rings. The minimum atomic E-state index is -1.29. The third kappa shape index (κ3) is 3.52. The summed E-state index contributed by atoms with van der Waals surface area (Å²) in [6, 6.07) is -0.195. The maximum atomic E-state index is 11.8. The number of hydrogen-bond donors (Lipinski definition) is 3. The lowest BCUT2D eigenvalue weighted by molar-refractivity contribution is -0.384. The number of amides is 1. The minimum absolute atomic E-state index is 0.0316. The predicted molar refractivity (Wildman–Crippen MR) is 62.7 cm³/mol. The lowest BCUT2D eigenvalue weighted by atomic mass is 10.2. The lowest BCUT2D eigenvalue weighted by Gasteiger charge is -2.13. The zero-order chi connectivity index (χ0) is 14.6. The van der Waals surface area contributed by atoms with Crippen LogP contribution >= 0.6 is 0 Å². The molecule has 0 saturated heterocycles. The molecule has 3 N–H and O–H groups in total. The van der Waals surface area contributed by atoms with E-state index in [9.17, 15) is 19.7 Å². The van der Waals surface area contributed by atoms with E-state index in [1.165, 1.54) is 11.6 Å². The average molecular weight is 271 g/mol. The van der Waals surface area contributed by atoms with E-state index in [0.717, 1.165) is 12.3 Å². The number of aromatic nitrogens is 1. The number of hydrogen-bond acceptors (Lipinski definition) is 5. The summed E-state index contributed by atoms with van der Waals surface area (Å²) in [5.74, 6) is -2.04. The van der Waals surface area contributed by atoms with Crippen LogP contribution in [0.3, 0.4) is 0 Å². The van der Waals surface area contributed by atoms with Crippen molar-refractivity contribution in [3.63, 3.8) is 0 Å². The van der Waals surface area contributed by atoms with Gasteiger partial charge in [-0.3, -0.25) is 14.9 Å². The molecule has 1 heterocycles. The van der Waals surface area contributed by atoms with Gasteiger partial charge in [0, 0.05) is 26.1 Å². The Balaban J connectivity index is 2.88. The molecule has 0 bridgehead atoms. The van der Waals surface area contributed by atoms with E-state index in [1.54, 1.807) is 0 Å². The first-order valence-electron chi connectivity index (χ1n) is 5.32. The third-order valence-electron chi connectivity index (χ3n) is 2.46. The van der Waals surface area contributed by atoms with Gasteiger partial charge in [0.2, 0.25) is 0 Å². The summed E-state index contributed by atoms with van der Waals surface area (Å²) in [6.45, 7) is -0.398. The van der Waals surface area contributed by atoms with E-state index in [0.29, 0.717) is 0 Å². The number of carbonyl (C=O) groups is 2. The van der Waals surface area contributed by atoms with Gasteiger partial charge in [-0.2, -0.15) is 0 Å². The number of nitrogens with one attached hydrogen (secondary N) is 1. The molecular weight excluding hydrogens is 258 g/mol. The van der Waals surface area contributed by atoms with Crippen LogP contribution in [0.5, 0.6) is 0 Å². The van der Waals surface area contributed by atoms with Crippen LogP contribution in [0.1, 0.15) is 16.9 Å². The zero-order valence-corrected chi connectivity index (χ0v) is 10.1. The highest BCUT2D eigenvalue weighted by molar-refractivity contribution is 5.96. The van der Waals surface area contributed by atoms with Crippen LogP contribution in [0, 0.1) is 10.1 Å². The topological polar surface area (TPSA) is 135 Å². The molecule has 0 aromatic carbocycles. The van der Waals surface area contributed by atoms with Crippen LogP contribution in [0.25, 0.3) is 0 Å². The molecule has 0 fully saturated rings. The monoisotopic (exact) mass is 271 g/mol. The molecule has 0 spiro atoms. The van der Waals surface area contributed by atoms with Crippen molar-refractivity contribution >= 4 is 17.6 Å². The molecule has 0 aliphatic heterocycles. The Hall–Kier alpha value is -2.42. The summed E-state index contributed by atoms with van der Waals surface area (Å²) in [7, 11) is 1.43. The molecule has 0 aliphatic rings. The van der Waals surface area contributed by atoms with Crippen molar-refractivity contribution in [3.05, 3.63) is 28.1 Å². The van der Waals surface area contributed by atoms with Gasteiger partial charge in [-0.15, -0.1) is 0 Å². The molecule has 9 heteroatoms. The van der Waals surface area contributed by atoms with Crippen LogP contribution in [-0.4, -0.2) is 44.2 Å². The number of aryl methyl sites for hydroxylation is 1. The predicted octanol–water partition coefficient (Wildman–Crippen LogP) is -0.501. The summed E-state index contributed by atoms with van der Waals surface area (Å²) >= 11 is 0. The molecule has 1 aromatic heterocycles. The van der Waals surface area contributed by atoms with Crippen LogP contribution in [0.2, 0.25) is 0 Å². The summed E-state index contributed by atoms with van der Waals surface area (Å²) < 4.78 is 1.23. The smallest absolute Gasteiger partial charge is 0.326 e. The van der Waals surface area contributed by atoms with Crippen molar-refractivity contribution in [3.8, 4) is 0 Å². The Morgan fingerprint density at radius 3 is 2.63 bits per heavy atom. The van der Waals surface area contributed by atoms with E-state index in [1.807, 2.05) is 0 Å². The Morgan fingerprint density at radius 1 is 1.58 bits per heavy atom. The lowest BCUT2D eigenvalue weighted by Crippen LogP contribution is -2.41. The second kappa shape index (κ2) is 5.96. The average Bonchev–Trinajstić information content (AvgIpc) is 2.70. The Kier molecular flexibility index (Phi) is 4.59. The summed E-state index contributed by atoms with van der Waals surface area (Å²) in [5.41, 5.74) is -0.294. The van der Waals surface area contributed by atoms with Crippen LogP contribution in [0.4, 0.5) is 5.69 Å². The van der Waals surface area contributed by atoms with Gasteiger partial charge in [-0.25, -0.2) is 4.79 Å². The number of carboxylic acids is 1. The van der Waals surface area contributed by atoms with Crippen molar-refractivity contribution in [2.24, 2.45) is 7.05 Å². The fourth-order valence-electron chi connectivity index (χ4n) is 1.49. The van der Waals surface area contributed by atoms with Gasteiger partial charge in [0.1, 0.15) is 11.7 Å². The minimum Gasteiger partial charge on any atom is -0.480 e. The fourth-order valence-corrected chi connectivity index (χ4v) is 1.49. The van der Waals surface area contributed by atoms with Crippen LogP contribution < -0.4 is 5.32 Å². The largest absolute Gasteiger partial charge is 0.480 e. The Labute approximate surface area is 107 Å². The highest BCUT2D eigenvalue weighted by Gasteiger charge is 2.23. The van der Waals surface area contributed by atoms with Gasteiger partial charge in [-0.05, 0) is 0 Å². The molecule has 104 valence electrons. The first-order chi connectivity index (χ1) is 8.86. The molecule has 0 saturated carbocycles. The number of nitrogens with zero attached hydrogens (tertiary/aromatic N) is 2. The van der Waals surface area contributed by atoms with Gasteiger partial charge < -0.3 is 20.1 Å². The van der Waals surface area contributed by atoms with Crippen molar-refractivity contribution in [1.82, 2.24) is 9.88 Å². The SMILES string of the molecule is Cn1cc([N+](=O)[O-])cc1C(=O)NC(CCO)C(=O)O. The Morgan fingerprint density at radius 2 is 2.21 bits per heavy atom. The fraction of sp³-hybridized carbons (Fsp3) is 0.400. The maximum Gasteiger partial charge on any atom is 0.326 e. The first-order valence-corrected chi connectivity index (χ1v) is 5.32. The van der Waals surface area contributed by atoms with Crippen molar-refractivity contribution in [1.29, 1.82) is 0 Å². The number of aliphatic hydroxyl groups excluding tert-OH is 1. The van der Waals surface area contributed by atoms with Gasteiger partial charge in [-0.1, -0.05) is 0 Å². The second-order valence-electron chi connectivity index (χ2n) is 3.83. The second-order valence-corrected chi connectivity index (χ2v) is 3.83. The number of aliphatic hydroxyl groups is 1. The molecule has 0 aliphatic carbocycles. The number of nitro groups is 1. The van der Waals surface area contributed by atoms with Crippen LogP contribution in [0.15, 0.2) is 12.3 Å². The van der Waals surface area contributed by atoms with E-state index in [-0.39, 0.29) is 17.8 Å². The summed E-state index contributed by atoms with van der Waals surface area (Å²) in [5, 5.41) is 30.3. The molecule has 19 heavy (non-hydrogen) atoms. The molecule has 0 radical (unpaired) electrons. The number of carbonyl (C=O) groups excluding carboxylic acids is 1. The van der Waals surface area contributed by atoms with Crippen molar-refractivity contribution in [2.75, 3.05) is 6.61 Å². The molecule has 1 rings (SSSR count). The van der Waals surface area contributed by atoms with Gasteiger partial charge in [0.15, 0.2) is 0 Å². The molecule has 9 nitrogen and oxygen atoms in total. The first kappa shape index (κ1) is 14.6. The molecular formula is C10H13N3O6. The standard InChI is InChI=1S/C10H13N3O6/c1-12-5-6(13(18)19)4-8(12)9(15)11-7(2-3-14)10(16)17/h4-5,7,14H,2-3H2,1H3,(H,11,15)(H,16,17). The quantitative estimate of drug-likeness (QED) is 0.471. The zero-order valence-electron chi connectivity index (χ0n) is 10.1. The van der Waals surface area contributed by atoms with Crippen LogP contribution in [-0.2, 0) is 11.8 Å². The van der Waals surface area contributed by atoms with Crippen molar-refractivity contribution < 1.29 is 24.7 Å². The number of carboxylic acid groups (broad SMARTS) is 1. The van der Waals surface area contributed by atoms with E-state index >= 15 is 0 Å². The van der Waals surface area contributed by atoms with E-state index < -0.39 is 29.4 Å². The highest BCUT2D eigenvalue weighted by Crippen LogP contribution is 2.15. The van der Waals surface area contributed by atoms with Gasteiger partial charge in [0.25, 0.3) is 11.6 Å². The summed E-state index contributed by atoms with van der Waals surface area (Å²) in [4.78, 5) is 32.5. The highest BCUT2D eigenvalue weighted by atomic mass is 16.6. The molecule has 1 unspecified atom stereocenters. The third-order valence-corrected chi connectivity index (χ3v) is 2.46. The number of aliphatic carboxylic acids is 1. The maximum absolute atomic E-state index is 11.8. The number of rotatable bonds is 6. The van der Waals surface area contributed by atoms with Gasteiger partial charge >= 0.3 is 5.97 Å². The Bertz CT molecular complexity index is 509. The normalized spacial score (nSPS) is 11.9. The van der Waals surface area contributed by atoms with Gasteiger partial charge in [0.05, 0.1) is 11.1 Å². The molecule has 1 amide bonds. The summed E-state index contributed by atoms with van der Waals surface area (Å²) in [6.07, 6.45) is 1.00. The van der Waals surface area contributed by atoms with E-state index in [2.05, 4.69) is 5.32 Å². The van der Waals surface area contributed by atoms with Crippen molar-refractivity contribution in [2.45, 2.75) is 12.5 Å². The van der Waals surface area contributed by atoms with E-state index in [4.69, 9.17) is 10.2 Å².